The van der Waals surface area contributed by atoms with Gasteiger partial charge in [-0.1, -0.05) is 19.3 Å². The average molecular weight is 254 g/mol. The summed E-state index contributed by atoms with van der Waals surface area (Å²) in [4.78, 5) is 33.2. The second-order valence-electron chi connectivity index (χ2n) is 4.89. The minimum Gasteiger partial charge on any atom is -0.319 e. The largest absolute Gasteiger partial charge is 0.319 e. The maximum Gasteiger partial charge on any atom is 0.246 e. The number of amides is 2. The zero-order valence-electron chi connectivity index (χ0n) is 10.9. The van der Waals surface area contributed by atoms with Crippen molar-refractivity contribution in [3.8, 4) is 0 Å². The van der Waals surface area contributed by atoms with Gasteiger partial charge in [0.25, 0.3) is 0 Å². The zero-order chi connectivity index (χ0) is 13.5. The van der Waals surface area contributed by atoms with E-state index in [0.717, 1.165) is 19.1 Å². The molecular weight excluding hydrogens is 232 g/mol. The second kappa shape index (κ2) is 7.26. The molecule has 1 heterocycles. The van der Waals surface area contributed by atoms with Crippen LogP contribution in [0.25, 0.3) is 0 Å². The van der Waals surface area contributed by atoms with E-state index in [-0.39, 0.29) is 18.2 Å². The molecule has 1 saturated heterocycles. The van der Waals surface area contributed by atoms with E-state index in [1.54, 1.807) is 0 Å². The van der Waals surface area contributed by atoms with Gasteiger partial charge in [-0.05, 0) is 25.7 Å². The third-order valence-electron chi connectivity index (χ3n) is 3.44. The monoisotopic (exact) mass is 254 g/mol. The third kappa shape index (κ3) is 3.91. The molecule has 0 spiro atoms. The van der Waals surface area contributed by atoms with E-state index < -0.39 is 6.04 Å². The number of carbonyl (C=O) groups excluding carboxylic acids is 3. The number of likely N-dealkylation sites (tertiary alicyclic amines) is 1. The van der Waals surface area contributed by atoms with Crippen LogP contribution in [0.5, 0.6) is 0 Å². The van der Waals surface area contributed by atoms with Crippen molar-refractivity contribution in [1.82, 2.24) is 4.90 Å². The van der Waals surface area contributed by atoms with E-state index in [1.165, 1.54) is 31.1 Å². The van der Waals surface area contributed by atoms with Gasteiger partial charge in [-0.15, -0.1) is 0 Å². The SMILES string of the molecule is CC=O.NC1CC(=O)N(CC2CCCCC2)C1=O. The van der Waals surface area contributed by atoms with Crippen molar-refractivity contribution in [1.29, 1.82) is 0 Å². The Morgan fingerprint density at radius 3 is 2.28 bits per heavy atom. The Labute approximate surface area is 108 Å². The minimum absolute atomic E-state index is 0.0851. The summed E-state index contributed by atoms with van der Waals surface area (Å²) in [6, 6.07) is -0.582. The molecule has 2 fully saturated rings. The Hall–Kier alpha value is -1.23. The number of imide groups is 1. The molecule has 102 valence electrons. The van der Waals surface area contributed by atoms with Crippen LogP contribution >= 0.6 is 0 Å². The van der Waals surface area contributed by atoms with Crippen LogP contribution in [0.3, 0.4) is 0 Å². The number of carbonyl (C=O) groups is 3. The highest BCUT2D eigenvalue weighted by Gasteiger charge is 2.37. The van der Waals surface area contributed by atoms with Crippen LogP contribution in [0.1, 0.15) is 45.4 Å². The van der Waals surface area contributed by atoms with Gasteiger partial charge in [-0.2, -0.15) is 0 Å². The quantitative estimate of drug-likeness (QED) is 0.585. The first kappa shape index (κ1) is 14.8. The summed E-state index contributed by atoms with van der Waals surface area (Å²) in [6.07, 6.45) is 6.99. The predicted molar refractivity (Wildman–Crippen MR) is 67.6 cm³/mol. The molecule has 2 aliphatic rings. The van der Waals surface area contributed by atoms with Gasteiger partial charge < -0.3 is 10.5 Å². The molecule has 2 amide bonds. The molecular formula is C13H22N2O3. The average Bonchev–Trinajstić information content (AvgIpc) is 2.58. The van der Waals surface area contributed by atoms with Crippen molar-refractivity contribution in [2.75, 3.05) is 6.54 Å². The zero-order valence-corrected chi connectivity index (χ0v) is 10.9. The highest BCUT2D eigenvalue weighted by Crippen LogP contribution is 2.26. The summed E-state index contributed by atoms with van der Waals surface area (Å²) in [7, 11) is 0. The van der Waals surface area contributed by atoms with Crippen molar-refractivity contribution in [3.63, 3.8) is 0 Å². The van der Waals surface area contributed by atoms with Crippen LogP contribution in [0, 0.1) is 5.92 Å². The Morgan fingerprint density at radius 1 is 1.28 bits per heavy atom. The highest BCUT2D eigenvalue weighted by molar-refractivity contribution is 6.05. The molecule has 0 aromatic heterocycles. The van der Waals surface area contributed by atoms with Crippen molar-refractivity contribution >= 4 is 18.1 Å². The fraction of sp³-hybridized carbons (Fsp3) is 0.769. The predicted octanol–water partition coefficient (Wildman–Crippen LogP) is 0.858. The lowest BCUT2D eigenvalue weighted by Gasteiger charge is -2.25. The Balaban J connectivity index is 0.000000492. The molecule has 0 bridgehead atoms. The second-order valence-corrected chi connectivity index (χ2v) is 4.89. The van der Waals surface area contributed by atoms with E-state index in [2.05, 4.69) is 0 Å². The van der Waals surface area contributed by atoms with Gasteiger partial charge in [0.2, 0.25) is 11.8 Å². The van der Waals surface area contributed by atoms with Gasteiger partial charge in [0.1, 0.15) is 6.29 Å². The number of nitrogens with zero attached hydrogens (tertiary/aromatic N) is 1. The molecule has 2 N–H and O–H groups in total. The van der Waals surface area contributed by atoms with E-state index in [4.69, 9.17) is 10.5 Å². The van der Waals surface area contributed by atoms with Gasteiger partial charge in [-0.3, -0.25) is 14.5 Å². The van der Waals surface area contributed by atoms with E-state index in [1.807, 2.05) is 0 Å². The van der Waals surface area contributed by atoms with Gasteiger partial charge in [-0.25, -0.2) is 0 Å². The first-order valence-corrected chi connectivity index (χ1v) is 6.59. The number of hydrogen-bond acceptors (Lipinski definition) is 4. The summed E-state index contributed by atoms with van der Waals surface area (Å²) < 4.78 is 0. The van der Waals surface area contributed by atoms with Gasteiger partial charge in [0.05, 0.1) is 12.5 Å². The maximum absolute atomic E-state index is 11.6. The summed E-state index contributed by atoms with van der Waals surface area (Å²) >= 11 is 0. The Kier molecular flexibility index (Phi) is 5.98. The molecule has 1 aliphatic carbocycles. The third-order valence-corrected chi connectivity index (χ3v) is 3.44. The van der Waals surface area contributed by atoms with Crippen molar-refractivity contribution in [2.45, 2.75) is 51.5 Å². The normalized spacial score (nSPS) is 24.8. The lowest BCUT2D eigenvalue weighted by atomic mass is 9.89. The maximum atomic E-state index is 11.6. The number of nitrogens with two attached hydrogens (primary N) is 1. The molecule has 2 rings (SSSR count). The standard InChI is InChI=1S/C11H18N2O2.C2H4O/c12-9-6-10(14)13(11(9)15)7-8-4-2-1-3-5-8;1-2-3/h8-9H,1-7,12H2;2H,1H3. The first-order valence-electron chi connectivity index (χ1n) is 6.59. The molecule has 1 saturated carbocycles. The van der Waals surface area contributed by atoms with Gasteiger partial charge >= 0.3 is 0 Å². The minimum atomic E-state index is -0.582. The lowest BCUT2D eigenvalue weighted by molar-refractivity contribution is -0.139. The van der Waals surface area contributed by atoms with Crippen molar-refractivity contribution in [3.05, 3.63) is 0 Å². The smallest absolute Gasteiger partial charge is 0.246 e. The molecule has 0 radical (unpaired) electrons. The summed E-state index contributed by atoms with van der Waals surface area (Å²) in [5.74, 6) is 0.251. The van der Waals surface area contributed by atoms with Crippen LogP contribution in [-0.4, -0.2) is 35.6 Å². The van der Waals surface area contributed by atoms with Crippen molar-refractivity contribution in [2.24, 2.45) is 11.7 Å². The topological polar surface area (TPSA) is 80.5 Å². The summed E-state index contributed by atoms with van der Waals surface area (Å²) in [6.45, 7) is 2.05. The van der Waals surface area contributed by atoms with Gasteiger partial charge in [0, 0.05) is 6.54 Å². The van der Waals surface area contributed by atoms with Gasteiger partial charge in [0.15, 0.2) is 0 Å². The molecule has 0 aromatic rings. The van der Waals surface area contributed by atoms with Crippen molar-refractivity contribution < 1.29 is 14.4 Å². The van der Waals surface area contributed by atoms with E-state index in [9.17, 15) is 9.59 Å². The first-order chi connectivity index (χ1) is 8.60. The molecule has 18 heavy (non-hydrogen) atoms. The number of aldehydes is 1. The summed E-state index contributed by atoms with van der Waals surface area (Å²) in [5.41, 5.74) is 5.55. The summed E-state index contributed by atoms with van der Waals surface area (Å²) in [5, 5.41) is 0. The van der Waals surface area contributed by atoms with Crippen LogP contribution < -0.4 is 5.73 Å². The molecule has 1 aliphatic heterocycles. The molecule has 0 aromatic carbocycles. The number of rotatable bonds is 2. The molecule has 5 nitrogen and oxygen atoms in total. The lowest BCUT2D eigenvalue weighted by Crippen LogP contribution is -2.38. The molecule has 5 heteroatoms. The Bertz CT molecular complexity index is 311. The molecule has 1 atom stereocenters. The molecule has 1 unspecified atom stereocenters. The van der Waals surface area contributed by atoms with Crippen LogP contribution in [0.4, 0.5) is 0 Å². The van der Waals surface area contributed by atoms with Crippen LogP contribution in [0.2, 0.25) is 0 Å². The fourth-order valence-corrected chi connectivity index (χ4v) is 2.53. The van der Waals surface area contributed by atoms with E-state index >= 15 is 0 Å². The number of hydrogen-bond donors (Lipinski definition) is 1. The van der Waals surface area contributed by atoms with Crippen LogP contribution in [-0.2, 0) is 14.4 Å². The van der Waals surface area contributed by atoms with Crippen LogP contribution in [0.15, 0.2) is 0 Å². The highest BCUT2D eigenvalue weighted by atomic mass is 16.2. The fourth-order valence-electron chi connectivity index (χ4n) is 2.53. The van der Waals surface area contributed by atoms with E-state index in [0.29, 0.717) is 12.5 Å². The Morgan fingerprint density at radius 2 is 1.83 bits per heavy atom.